The first-order valence-electron chi connectivity index (χ1n) is 22.4. The lowest BCUT2D eigenvalue weighted by Crippen LogP contribution is -2.43. The second-order valence-corrected chi connectivity index (χ2v) is 16.7. The molecule has 328 valence electrons. The summed E-state index contributed by atoms with van der Waals surface area (Å²) in [5, 5.41) is 21.8. The lowest BCUT2D eigenvalue weighted by molar-refractivity contribution is -0.147. The largest absolute Gasteiger partial charge is 0.480 e. The predicted molar refractivity (Wildman–Crippen MR) is 226 cm³/mol. The van der Waals surface area contributed by atoms with Gasteiger partial charge in [0.1, 0.15) is 12.7 Å². The Morgan fingerprint density at radius 2 is 0.982 bits per heavy atom. The third-order valence-electron chi connectivity index (χ3n) is 9.74. The Balaban J connectivity index is 3.90. The van der Waals surface area contributed by atoms with E-state index in [0.29, 0.717) is 12.8 Å². The number of carbonyl (C=O) groups excluding carboxylic acids is 2. The molecule has 0 spiro atoms. The normalized spacial score (nSPS) is 13.9. The number of hydrogen-bond acceptors (Lipinski definition) is 8. The van der Waals surface area contributed by atoms with Crippen molar-refractivity contribution in [3.63, 3.8) is 0 Å². The van der Waals surface area contributed by atoms with Crippen LogP contribution in [0.3, 0.4) is 0 Å². The maximum Gasteiger partial charge on any atom is 0.472 e. The summed E-state index contributed by atoms with van der Waals surface area (Å²) in [6, 6.07) is -1.55. The summed E-state index contributed by atoms with van der Waals surface area (Å²) in [6.45, 7) is 2.58. The van der Waals surface area contributed by atoms with Gasteiger partial charge in [0.25, 0.3) is 0 Å². The molecule has 0 heterocycles. The molecule has 0 aromatic carbocycles. The van der Waals surface area contributed by atoms with E-state index in [1.54, 1.807) is 0 Å². The van der Waals surface area contributed by atoms with Crippen molar-refractivity contribution in [3.8, 4) is 0 Å². The number of hydrogen-bond donors (Lipinski definition) is 4. The molecule has 11 nitrogen and oxygen atoms in total. The highest BCUT2D eigenvalue weighted by molar-refractivity contribution is 7.47. The molecule has 3 unspecified atom stereocenters. The number of rotatable bonds is 42. The van der Waals surface area contributed by atoms with Gasteiger partial charge < -0.3 is 25.2 Å². The van der Waals surface area contributed by atoms with Crippen LogP contribution in [0.4, 0.5) is 0 Å². The number of carboxylic acid groups (broad SMARTS) is 1. The maximum absolute atomic E-state index is 12.3. The van der Waals surface area contributed by atoms with Crippen LogP contribution in [0, 0.1) is 0 Å². The van der Waals surface area contributed by atoms with Gasteiger partial charge in [-0.05, 0) is 44.9 Å². The Morgan fingerprint density at radius 1 is 0.571 bits per heavy atom. The number of esters is 1. The molecule has 0 aromatic rings. The first kappa shape index (κ1) is 54.0. The minimum absolute atomic E-state index is 0.138. The zero-order chi connectivity index (χ0) is 41.4. The monoisotopic (exact) mass is 816 g/mol. The number of carbonyl (C=O) groups is 3. The fourth-order valence-corrected chi connectivity index (χ4v) is 7.00. The van der Waals surface area contributed by atoms with Crippen molar-refractivity contribution >= 4 is 25.7 Å². The van der Waals surface area contributed by atoms with Gasteiger partial charge >= 0.3 is 19.8 Å². The number of aliphatic hydroxyl groups is 1. The first-order valence-corrected chi connectivity index (χ1v) is 23.9. The molecule has 3 atom stereocenters. The number of ether oxygens (including phenoxy) is 1. The van der Waals surface area contributed by atoms with Crippen molar-refractivity contribution in [2.24, 2.45) is 0 Å². The van der Waals surface area contributed by atoms with Gasteiger partial charge in [0, 0.05) is 12.8 Å². The van der Waals surface area contributed by atoms with Crippen LogP contribution in [-0.4, -0.2) is 64.9 Å². The highest BCUT2D eigenvalue weighted by Crippen LogP contribution is 2.43. The van der Waals surface area contributed by atoms with Crippen LogP contribution >= 0.6 is 7.82 Å². The number of aliphatic hydroxyl groups excluding tert-OH is 1. The summed E-state index contributed by atoms with van der Waals surface area (Å²) < 4.78 is 26.8. The van der Waals surface area contributed by atoms with E-state index in [1.807, 2.05) is 0 Å². The fraction of sp³-hybridized carbons (Fsp3) is 0.841. The Labute approximate surface area is 340 Å². The van der Waals surface area contributed by atoms with Gasteiger partial charge in [-0.2, -0.15) is 0 Å². The van der Waals surface area contributed by atoms with Gasteiger partial charge in [-0.15, -0.1) is 0 Å². The number of nitrogens with one attached hydrogen (secondary N) is 1. The number of unbranched alkanes of at least 4 members (excludes halogenated alkanes) is 24. The second-order valence-electron chi connectivity index (χ2n) is 15.2. The topological polar surface area (TPSA) is 169 Å². The zero-order valence-corrected chi connectivity index (χ0v) is 36.3. The number of phosphoric ester groups is 1. The third kappa shape index (κ3) is 38.8. The Hall–Kier alpha value is -2.04. The van der Waals surface area contributed by atoms with Crippen LogP contribution in [0.15, 0.2) is 24.3 Å². The standard InChI is InChI=1S/C44H82NO10P/c1-3-5-7-9-11-13-15-17-19-20-21-22-23-25-27-29-31-33-35-42(47)45-41(44(49)50)39-55-56(51,52)54-38-40(46)37-53-43(48)36-34-32-30-28-26-24-18-16-14-12-10-8-6-4-2/h13,15,19-20,40-41,46H,3-12,14,16-18,21-39H2,1-2H3,(H,45,47)(H,49,50)(H,51,52)/b15-13-,20-19-. The molecule has 56 heavy (non-hydrogen) atoms. The number of allylic oxidation sites excluding steroid dienone is 4. The minimum Gasteiger partial charge on any atom is -0.480 e. The van der Waals surface area contributed by atoms with E-state index in [0.717, 1.165) is 57.8 Å². The fourth-order valence-electron chi connectivity index (χ4n) is 6.23. The van der Waals surface area contributed by atoms with Gasteiger partial charge in [-0.1, -0.05) is 173 Å². The Morgan fingerprint density at radius 3 is 1.46 bits per heavy atom. The molecule has 0 rings (SSSR count). The van der Waals surface area contributed by atoms with E-state index >= 15 is 0 Å². The highest BCUT2D eigenvalue weighted by atomic mass is 31.2. The van der Waals surface area contributed by atoms with E-state index < -0.39 is 57.6 Å². The summed E-state index contributed by atoms with van der Waals surface area (Å²) in [6.07, 6.45) is 40.5. The van der Waals surface area contributed by atoms with Crippen LogP contribution in [0.25, 0.3) is 0 Å². The van der Waals surface area contributed by atoms with Crippen LogP contribution in [0.5, 0.6) is 0 Å². The van der Waals surface area contributed by atoms with Gasteiger partial charge in [0.2, 0.25) is 5.91 Å². The van der Waals surface area contributed by atoms with Crippen molar-refractivity contribution in [1.82, 2.24) is 5.32 Å². The maximum atomic E-state index is 12.3. The first-order chi connectivity index (χ1) is 27.1. The van der Waals surface area contributed by atoms with Gasteiger partial charge in [-0.3, -0.25) is 18.6 Å². The molecule has 1 amide bonds. The number of phosphoric acid groups is 1. The van der Waals surface area contributed by atoms with Crippen LogP contribution in [0.2, 0.25) is 0 Å². The molecule has 0 aliphatic heterocycles. The van der Waals surface area contributed by atoms with Gasteiger partial charge in [-0.25, -0.2) is 9.36 Å². The molecule has 0 fully saturated rings. The second kappa shape index (κ2) is 39.8. The molecule has 0 aromatic heterocycles. The van der Waals surface area contributed by atoms with E-state index in [4.69, 9.17) is 13.8 Å². The molecule has 0 saturated carbocycles. The summed E-state index contributed by atoms with van der Waals surface area (Å²) in [7, 11) is -4.75. The summed E-state index contributed by atoms with van der Waals surface area (Å²) >= 11 is 0. The molecular formula is C44H82NO10P. The lowest BCUT2D eigenvalue weighted by atomic mass is 10.0. The molecule has 0 aliphatic rings. The van der Waals surface area contributed by atoms with Crippen LogP contribution < -0.4 is 5.32 Å². The summed E-state index contributed by atoms with van der Waals surface area (Å²) in [4.78, 5) is 45.9. The number of amides is 1. The third-order valence-corrected chi connectivity index (χ3v) is 10.7. The molecule has 0 saturated heterocycles. The van der Waals surface area contributed by atoms with Gasteiger partial charge in [0.15, 0.2) is 6.04 Å². The minimum atomic E-state index is -4.75. The summed E-state index contributed by atoms with van der Waals surface area (Å²) in [5.74, 6) is -2.37. The molecule has 4 N–H and O–H groups in total. The predicted octanol–water partition coefficient (Wildman–Crippen LogP) is 11.4. The van der Waals surface area contributed by atoms with E-state index in [2.05, 4.69) is 43.5 Å². The smallest absolute Gasteiger partial charge is 0.472 e. The lowest BCUT2D eigenvalue weighted by Gasteiger charge is -2.18. The van der Waals surface area contributed by atoms with Crippen molar-refractivity contribution in [2.75, 3.05) is 19.8 Å². The quantitative estimate of drug-likeness (QED) is 0.0201. The van der Waals surface area contributed by atoms with Crippen molar-refractivity contribution < 1.29 is 47.8 Å². The molecular weight excluding hydrogens is 733 g/mol. The van der Waals surface area contributed by atoms with E-state index in [9.17, 15) is 34.1 Å². The SMILES string of the molecule is CCCCCC/C=C\C/C=C\CCCCCCCCCC(=O)NC(COP(=O)(O)OCC(O)COC(=O)CCCCCCCCCCCCCCCC)C(=O)O. The van der Waals surface area contributed by atoms with Crippen LogP contribution in [0.1, 0.15) is 206 Å². The Kier molecular flexibility index (Phi) is 38.3. The molecule has 0 aliphatic carbocycles. The van der Waals surface area contributed by atoms with Crippen molar-refractivity contribution in [3.05, 3.63) is 24.3 Å². The Bertz CT molecular complexity index is 1050. The average Bonchev–Trinajstić information content (AvgIpc) is 3.17. The number of aliphatic carboxylic acids is 1. The average molecular weight is 816 g/mol. The summed E-state index contributed by atoms with van der Waals surface area (Å²) in [5.41, 5.74) is 0. The zero-order valence-electron chi connectivity index (χ0n) is 35.4. The van der Waals surface area contributed by atoms with Gasteiger partial charge in [0.05, 0.1) is 13.2 Å². The van der Waals surface area contributed by atoms with Crippen molar-refractivity contribution in [1.29, 1.82) is 0 Å². The van der Waals surface area contributed by atoms with E-state index in [-0.39, 0.29) is 12.8 Å². The molecule has 0 radical (unpaired) electrons. The van der Waals surface area contributed by atoms with E-state index in [1.165, 1.54) is 109 Å². The highest BCUT2D eigenvalue weighted by Gasteiger charge is 2.28. The molecule has 12 heteroatoms. The van der Waals surface area contributed by atoms with Crippen LogP contribution in [-0.2, 0) is 32.7 Å². The number of carboxylic acids is 1. The van der Waals surface area contributed by atoms with Crippen molar-refractivity contribution in [2.45, 2.75) is 219 Å². The molecule has 0 bridgehead atoms.